The van der Waals surface area contributed by atoms with Crippen molar-refractivity contribution in [3.63, 3.8) is 0 Å². The van der Waals surface area contributed by atoms with Crippen LogP contribution in [0.5, 0.6) is 0 Å². The Morgan fingerprint density at radius 1 is 1.06 bits per heavy atom. The fraction of sp³-hybridized carbons (Fsp3) is 1.00. The van der Waals surface area contributed by atoms with E-state index in [2.05, 4.69) is 25.7 Å². The molecule has 5 heteroatoms. The van der Waals surface area contributed by atoms with E-state index in [0.717, 1.165) is 19.6 Å². The van der Waals surface area contributed by atoms with Gasteiger partial charge in [-0.05, 0) is 11.8 Å². The number of rotatable bonds is 4. The van der Waals surface area contributed by atoms with E-state index in [9.17, 15) is 8.42 Å². The molecule has 0 bridgehead atoms. The summed E-state index contributed by atoms with van der Waals surface area (Å²) in [6, 6.07) is 0. The lowest BCUT2D eigenvalue weighted by Crippen LogP contribution is -2.50. The van der Waals surface area contributed by atoms with E-state index in [-0.39, 0.29) is 11.2 Å². The van der Waals surface area contributed by atoms with Crippen LogP contribution in [0.4, 0.5) is 0 Å². The van der Waals surface area contributed by atoms with Crippen molar-refractivity contribution in [3.05, 3.63) is 0 Å². The van der Waals surface area contributed by atoms with Gasteiger partial charge in [0.25, 0.3) is 0 Å². The molecule has 0 aromatic heterocycles. The van der Waals surface area contributed by atoms with Crippen LogP contribution < -0.4 is 0 Å². The maximum Gasteiger partial charge on any atom is 0.214 e. The normalized spacial score (nSPS) is 20.7. The topological polar surface area (TPSA) is 40.6 Å². The van der Waals surface area contributed by atoms with Gasteiger partial charge in [0.15, 0.2) is 0 Å². The van der Waals surface area contributed by atoms with Crippen LogP contribution in [-0.4, -0.2) is 56.1 Å². The molecule has 1 aliphatic rings. The van der Waals surface area contributed by atoms with E-state index < -0.39 is 10.0 Å². The predicted molar refractivity (Wildman–Crippen MR) is 71.5 cm³/mol. The molecule has 1 heterocycles. The number of hydrogen-bond donors (Lipinski definition) is 0. The Hall–Kier alpha value is -0.130. The Bertz CT molecular complexity index is 325. The minimum Gasteiger partial charge on any atom is -0.300 e. The average molecular weight is 262 g/mol. The van der Waals surface area contributed by atoms with Crippen LogP contribution in [0, 0.1) is 5.41 Å². The third-order valence-corrected chi connectivity index (χ3v) is 4.96. The van der Waals surface area contributed by atoms with Crippen molar-refractivity contribution in [2.24, 2.45) is 5.41 Å². The fourth-order valence-electron chi connectivity index (χ4n) is 2.22. The van der Waals surface area contributed by atoms with Gasteiger partial charge in [0, 0.05) is 32.7 Å². The Kier molecular flexibility index (Phi) is 4.98. The molecule has 0 unspecified atom stereocenters. The second-order valence-electron chi connectivity index (χ2n) is 6.05. The first-order chi connectivity index (χ1) is 7.74. The van der Waals surface area contributed by atoms with E-state index in [0.29, 0.717) is 19.5 Å². The quantitative estimate of drug-likeness (QED) is 0.769. The third kappa shape index (κ3) is 4.94. The average Bonchev–Trinajstić information content (AvgIpc) is 2.15. The standard InChI is InChI=1S/C12H26N2O2S/c1-5-10-17(15,16)14-8-6-13(7-9-14)11-12(2,3)4/h5-11H2,1-4H3. The lowest BCUT2D eigenvalue weighted by Gasteiger charge is -2.37. The molecule has 0 atom stereocenters. The van der Waals surface area contributed by atoms with Crippen molar-refractivity contribution < 1.29 is 8.42 Å². The van der Waals surface area contributed by atoms with Crippen molar-refractivity contribution in [3.8, 4) is 0 Å². The van der Waals surface area contributed by atoms with Crippen LogP contribution in [0.15, 0.2) is 0 Å². The van der Waals surface area contributed by atoms with Crippen molar-refractivity contribution >= 4 is 10.0 Å². The summed E-state index contributed by atoms with van der Waals surface area (Å²) in [6.07, 6.45) is 0.699. The van der Waals surface area contributed by atoms with Crippen molar-refractivity contribution in [2.45, 2.75) is 34.1 Å². The highest BCUT2D eigenvalue weighted by molar-refractivity contribution is 7.89. The molecule has 0 radical (unpaired) electrons. The van der Waals surface area contributed by atoms with Gasteiger partial charge < -0.3 is 4.90 Å². The number of nitrogens with zero attached hydrogens (tertiary/aromatic N) is 2. The van der Waals surface area contributed by atoms with Crippen molar-refractivity contribution in [1.29, 1.82) is 0 Å². The first-order valence-corrected chi connectivity index (χ1v) is 8.06. The SMILES string of the molecule is CCCS(=O)(=O)N1CCN(CC(C)(C)C)CC1. The maximum absolute atomic E-state index is 11.9. The van der Waals surface area contributed by atoms with Crippen LogP contribution in [-0.2, 0) is 10.0 Å². The molecule has 0 aromatic carbocycles. The van der Waals surface area contributed by atoms with Gasteiger partial charge in [-0.15, -0.1) is 0 Å². The van der Waals surface area contributed by atoms with Crippen molar-refractivity contribution in [1.82, 2.24) is 9.21 Å². The zero-order valence-corrected chi connectivity index (χ0v) is 12.4. The molecule has 0 aliphatic carbocycles. The lowest BCUT2D eigenvalue weighted by atomic mass is 9.96. The molecule has 0 amide bonds. The molecule has 1 rings (SSSR count). The maximum atomic E-state index is 11.9. The minimum absolute atomic E-state index is 0.282. The third-order valence-electron chi connectivity index (χ3n) is 2.88. The van der Waals surface area contributed by atoms with Gasteiger partial charge in [0.1, 0.15) is 0 Å². The van der Waals surface area contributed by atoms with Gasteiger partial charge in [0.2, 0.25) is 10.0 Å². The van der Waals surface area contributed by atoms with Gasteiger partial charge in [-0.2, -0.15) is 4.31 Å². The highest BCUT2D eigenvalue weighted by Gasteiger charge is 2.27. The lowest BCUT2D eigenvalue weighted by molar-refractivity contribution is 0.141. The molecular formula is C12H26N2O2S. The molecule has 0 saturated carbocycles. The van der Waals surface area contributed by atoms with E-state index in [1.54, 1.807) is 4.31 Å². The molecule has 0 spiro atoms. The summed E-state index contributed by atoms with van der Waals surface area (Å²) >= 11 is 0. The Morgan fingerprint density at radius 2 is 1.59 bits per heavy atom. The zero-order chi connectivity index (χ0) is 13.1. The molecule has 1 fully saturated rings. The van der Waals surface area contributed by atoms with E-state index in [1.165, 1.54) is 0 Å². The number of piperazine rings is 1. The molecule has 17 heavy (non-hydrogen) atoms. The summed E-state index contributed by atoms with van der Waals surface area (Å²) in [5.74, 6) is 0.284. The molecule has 0 aromatic rings. The highest BCUT2D eigenvalue weighted by atomic mass is 32.2. The van der Waals surface area contributed by atoms with E-state index >= 15 is 0 Å². The molecular weight excluding hydrogens is 236 g/mol. The summed E-state index contributed by atoms with van der Waals surface area (Å²) in [5.41, 5.74) is 0.282. The monoisotopic (exact) mass is 262 g/mol. The van der Waals surface area contributed by atoms with Gasteiger partial charge >= 0.3 is 0 Å². The highest BCUT2D eigenvalue weighted by Crippen LogP contribution is 2.17. The largest absolute Gasteiger partial charge is 0.300 e. The number of hydrogen-bond acceptors (Lipinski definition) is 3. The van der Waals surface area contributed by atoms with Crippen LogP contribution in [0.1, 0.15) is 34.1 Å². The second-order valence-corrected chi connectivity index (χ2v) is 8.14. The summed E-state index contributed by atoms with van der Waals surface area (Å²) in [6.45, 7) is 12.6. The van der Waals surface area contributed by atoms with Crippen LogP contribution in [0.25, 0.3) is 0 Å². The van der Waals surface area contributed by atoms with Gasteiger partial charge in [-0.25, -0.2) is 8.42 Å². The van der Waals surface area contributed by atoms with Crippen molar-refractivity contribution in [2.75, 3.05) is 38.5 Å². The summed E-state index contributed by atoms with van der Waals surface area (Å²) in [5, 5.41) is 0. The van der Waals surface area contributed by atoms with Gasteiger partial charge in [0.05, 0.1) is 5.75 Å². The van der Waals surface area contributed by atoms with Crippen LogP contribution in [0.2, 0.25) is 0 Å². The fourth-order valence-corrected chi connectivity index (χ4v) is 3.72. The molecule has 1 saturated heterocycles. The molecule has 0 N–H and O–H groups in total. The Labute approximate surface area is 106 Å². The smallest absolute Gasteiger partial charge is 0.214 e. The van der Waals surface area contributed by atoms with Gasteiger partial charge in [-0.3, -0.25) is 0 Å². The molecule has 102 valence electrons. The number of sulfonamides is 1. The van der Waals surface area contributed by atoms with Crippen LogP contribution in [0.3, 0.4) is 0 Å². The Balaban J connectivity index is 2.46. The van der Waals surface area contributed by atoms with Crippen LogP contribution >= 0.6 is 0 Å². The Morgan fingerprint density at radius 3 is 2.00 bits per heavy atom. The first kappa shape index (κ1) is 14.9. The molecule has 4 nitrogen and oxygen atoms in total. The predicted octanol–water partition coefficient (Wildman–Crippen LogP) is 1.39. The van der Waals surface area contributed by atoms with E-state index in [4.69, 9.17) is 0 Å². The summed E-state index contributed by atoms with van der Waals surface area (Å²) in [4.78, 5) is 2.36. The summed E-state index contributed by atoms with van der Waals surface area (Å²) < 4.78 is 25.4. The first-order valence-electron chi connectivity index (χ1n) is 6.45. The van der Waals surface area contributed by atoms with E-state index in [1.807, 2.05) is 6.92 Å². The molecule has 1 aliphatic heterocycles. The van der Waals surface area contributed by atoms with Gasteiger partial charge in [-0.1, -0.05) is 27.7 Å². The minimum atomic E-state index is -2.99. The summed E-state index contributed by atoms with van der Waals surface area (Å²) in [7, 11) is -2.99. The second kappa shape index (κ2) is 5.67. The zero-order valence-electron chi connectivity index (χ0n) is 11.6.